The first-order valence-corrected chi connectivity index (χ1v) is 6.14. The van der Waals surface area contributed by atoms with Gasteiger partial charge in [0, 0.05) is 11.3 Å². The van der Waals surface area contributed by atoms with Gasteiger partial charge in [0.05, 0.1) is 4.92 Å². The maximum Gasteiger partial charge on any atom is 0.329 e. The number of nitrogens with zero attached hydrogens (tertiary/aromatic N) is 3. The first-order chi connectivity index (χ1) is 7.85. The lowest BCUT2D eigenvalue weighted by Gasteiger charge is -2.22. The molecule has 0 aliphatic carbocycles. The Morgan fingerprint density at radius 3 is 2.76 bits per heavy atom. The van der Waals surface area contributed by atoms with Crippen LogP contribution in [0.5, 0.6) is 0 Å². The van der Waals surface area contributed by atoms with E-state index < -0.39 is 4.92 Å². The molecule has 3 N–H and O–H groups in total. The number of nitrogens with one attached hydrogen (secondary N) is 1. The molecular formula is C9H15N5O2S. The van der Waals surface area contributed by atoms with Gasteiger partial charge in [-0.3, -0.25) is 10.1 Å². The van der Waals surface area contributed by atoms with Crippen LogP contribution in [0, 0.1) is 10.1 Å². The first-order valence-electron chi connectivity index (χ1n) is 4.91. The molecule has 0 unspecified atom stereocenters. The summed E-state index contributed by atoms with van der Waals surface area (Å²) in [6.07, 6.45) is 3.11. The molecule has 0 bridgehead atoms. The molecule has 0 aliphatic heterocycles. The van der Waals surface area contributed by atoms with E-state index in [1.54, 1.807) is 11.8 Å². The topological polar surface area (TPSA) is 107 Å². The normalized spacial score (nSPS) is 11.2. The number of nitrogens with two attached hydrogens (primary N) is 1. The summed E-state index contributed by atoms with van der Waals surface area (Å²) in [5.74, 6) is 0.171. The van der Waals surface area contributed by atoms with Gasteiger partial charge >= 0.3 is 5.69 Å². The molecular weight excluding hydrogens is 242 g/mol. The highest BCUT2D eigenvalue weighted by molar-refractivity contribution is 7.99. The predicted octanol–water partition coefficient (Wildman–Crippen LogP) is 1.52. The van der Waals surface area contributed by atoms with E-state index in [1.807, 2.05) is 6.26 Å². The minimum Gasteiger partial charge on any atom is -0.378 e. The molecule has 1 aromatic rings. The summed E-state index contributed by atoms with van der Waals surface area (Å²) in [7, 11) is 0. The highest BCUT2D eigenvalue weighted by Gasteiger charge is 2.18. The van der Waals surface area contributed by atoms with E-state index in [1.165, 1.54) is 0 Å². The molecule has 8 heteroatoms. The molecule has 94 valence electrons. The Bertz CT molecular complexity index is 424. The van der Waals surface area contributed by atoms with E-state index in [2.05, 4.69) is 29.1 Å². The van der Waals surface area contributed by atoms with Crippen molar-refractivity contribution < 1.29 is 4.92 Å². The zero-order valence-electron chi connectivity index (χ0n) is 9.93. The fraction of sp³-hybridized carbons (Fsp3) is 0.556. The molecule has 17 heavy (non-hydrogen) atoms. The van der Waals surface area contributed by atoms with Crippen molar-refractivity contribution in [2.24, 2.45) is 0 Å². The van der Waals surface area contributed by atoms with Crippen LogP contribution in [-0.2, 0) is 0 Å². The Morgan fingerprint density at radius 2 is 2.29 bits per heavy atom. The second kappa shape index (κ2) is 5.17. The number of aromatic nitrogens is 2. The summed E-state index contributed by atoms with van der Waals surface area (Å²) < 4.78 is 0.0277. The SMILES string of the molecule is CSC(C)(C)CNc1ncc([N+](=O)[O-])c(N)n1. The molecule has 0 saturated carbocycles. The number of rotatable bonds is 5. The van der Waals surface area contributed by atoms with Gasteiger partial charge in [0.15, 0.2) is 0 Å². The Balaban J connectivity index is 2.75. The summed E-state index contributed by atoms with van der Waals surface area (Å²) in [6.45, 7) is 4.78. The Kier molecular flexibility index (Phi) is 4.11. The smallest absolute Gasteiger partial charge is 0.329 e. The van der Waals surface area contributed by atoms with Crippen LogP contribution in [0.3, 0.4) is 0 Å². The minimum absolute atomic E-state index is 0.0277. The van der Waals surface area contributed by atoms with Gasteiger partial charge in [0.25, 0.3) is 0 Å². The standard InChI is InChI=1S/C9H15N5O2S/c1-9(2,17-3)5-12-8-11-4-6(14(15)16)7(10)13-8/h4H,5H2,1-3H3,(H3,10,11,12,13). The van der Waals surface area contributed by atoms with E-state index in [4.69, 9.17) is 5.73 Å². The van der Waals surface area contributed by atoms with Gasteiger partial charge < -0.3 is 11.1 Å². The molecule has 0 fully saturated rings. The highest BCUT2D eigenvalue weighted by atomic mass is 32.2. The van der Waals surface area contributed by atoms with Crippen molar-refractivity contribution in [3.8, 4) is 0 Å². The third kappa shape index (κ3) is 3.74. The van der Waals surface area contributed by atoms with Crippen LogP contribution < -0.4 is 11.1 Å². The maximum absolute atomic E-state index is 10.5. The molecule has 0 amide bonds. The van der Waals surface area contributed by atoms with Crippen LogP contribution in [0.15, 0.2) is 6.20 Å². The van der Waals surface area contributed by atoms with Crippen molar-refractivity contribution >= 4 is 29.2 Å². The minimum atomic E-state index is -0.606. The largest absolute Gasteiger partial charge is 0.378 e. The van der Waals surface area contributed by atoms with Gasteiger partial charge in [0.2, 0.25) is 11.8 Å². The molecule has 0 saturated heterocycles. The number of hydrogen-bond acceptors (Lipinski definition) is 7. The fourth-order valence-corrected chi connectivity index (χ4v) is 1.20. The third-order valence-electron chi connectivity index (χ3n) is 2.22. The van der Waals surface area contributed by atoms with Gasteiger partial charge in [-0.15, -0.1) is 0 Å². The summed E-state index contributed by atoms with van der Waals surface area (Å²) in [5.41, 5.74) is 5.18. The number of anilines is 2. The fourth-order valence-electron chi connectivity index (χ4n) is 0.979. The lowest BCUT2D eigenvalue weighted by molar-refractivity contribution is -0.384. The van der Waals surface area contributed by atoms with Crippen molar-refractivity contribution in [3.63, 3.8) is 0 Å². The second-order valence-electron chi connectivity index (χ2n) is 4.04. The number of nitrogen functional groups attached to an aromatic ring is 1. The second-order valence-corrected chi connectivity index (χ2v) is 5.55. The van der Waals surface area contributed by atoms with E-state index in [-0.39, 0.29) is 16.3 Å². The Morgan fingerprint density at radius 1 is 1.65 bits per heavy atom. The molecule has 1 rings (SSSR count). The molecule has 0 aromatic carbocycles. The molecule has 7 nitrogen and oxygen atoms in total. The van der Waals surface area contributed by atoms with Crippen LogP contribution >= 0.6 is 11.8 Å². The molecule has 0 spiro atoms. The number of nitro groups is 1. The van der Waals surface area contributed by atoms with E-state index in [0.717, 1.165) is 6.20 Å². The maximum atomic E-state index is 10.5. The van der Waals surface area contributed by atoms with Crippen molar-refractivity contribution in [1.29, 1.82) is 0 Å². The molecule has 0 atom stereocenters. The summed E-state index contributed by atoms with van der Waals surface area (Å²) in [6, 6.07) is 0. The zero-order valence-corrected chi connectivity index (χ0v) is 10.7. The van der Waals surface area contributed by atoms with Crippen molar-refractivity contribution in [2.45, 2.75) is 18.6 Å². The van der Waals surface area contributed by atoms with E-state index in [0.29, 0.717) is 12.5 Å². The van der Waals surface area contributed by atoms with Gasteiger partial charge in [0.1, 0.15) is 6.20 Å². The van der Waals surface area contributed by atoms with Crippen LogP contribution in [0.4, 0.5) is 17.5 Å². The number of hydrogen-bond donors (Lipinski definition) is 2. The van der Waals surface area contributed by atoms with Crippen LogP contribution in [0.25, 0.3) is 0 Å². The molecule has 0 radical (unpaired) electrons. The van der Waals surface area contributed by atoms with Gasteiger partial charge in [-0.2, -0.15) is 16.7 Å². The quantitative estimate of drug-likeness (QED) is 0.608. The summed E-state index contributed by atoms with van der Waals surface area (Å²) in [5, 5.41) is 13.5. The van der Waals surface area contributed by atoms with Gasteiger partial charge in [-0.05, 0) is 20.1 Å². The van der Waals surface area contributed by atoms with E-state index >= 15 is 0 Å². The lowest BCUT2D eigenvalue weighted by atomic mass is 10.2. The van der Waals surface area contributed by atoms with Crippen LogP contribution in [-0.4, -0.2) is 32.4 Å². The summed E-state index contributed by atoms with van der Waals surface area (Å²) >= 11 is 1.70. The van der Waals surface area contributed by atoms with Gasteiger partial charge in [-0.25, -0.2) is 4.98 Å². The van der Waals surface area contributed by atoms with E-state index in [9.17, 15) is 10.1 Å². The van der Waals surface area contributed by atoms with Crippen molar-refractivity contribution in [3.05, 3.63) is 16.3 Å². The predicted molar refractivity (Wildman–Crippen MR) is 69.2 cm³/mol. The summed E-state index contributed by atoms with van der Waals surface area (Å²) in [4.78, 5) is 17.6. The van der Waals surface area contributed by atoms with Gasteiger partial charge in [-0.1, -0.05) is 0 Å². The monoisotopic (exact) mass is 257 g/mol. The van der Waals surface area contributed by atoms with Crippen LogP contribution in [0.1, 0.15) is 13.8 Å². The first kappa shape index (κ1) is 13.5. The number of thioether (sulfide) groups is 1. The average molecular weight is 257 g/mol. The van der Waals surface area contributed by atoms with Crippen LogP contribution in [0.2, 0.25) is 0 Å². The Labute approximate surface area is 103 Å². The lowest BCUT2D eigenvalue weighted by Crippen LogP contribution is -2.26. The zero-order chi connectivity index (χ0) is 13.1. The molecule has 1 aromatic heterocycles. The average Bonchev–Trinajstić information content (AvgIpc) is 2.26. The molecule has 0 aliphatic rings. The third-order valence-corrected chi connectivity index (χ3v) is 3.47. The van der Waals surface area contributed by atoms with Crippen molar-refractivity contribution in [2.75, 3.05) is 23.9 Å². The highest BCUT2D eigenvalue weighted by Crippen LogP contribution is 2.22. The Hall–Kier alpha value is -1.57. The molecule has 1 heterocycles. The van der Waals surface area contributed by atoms with Crippen molar-refractivity contribution in [1.82, 2.24) is 9.97 Å².